The molecule has 1 N–H and O–H groups in total. The number of methoxy groups -OCH3 is 1. The summed E-state index contributed by atoms with van der Waals surface area (Å²) in [6.07, 6.45) is 1.15. The largest absolute Gasteiger partial charge is 0.467 e. The van der Waals surface area contributed by atoms with Crippen molar-refractivity contribution in [3.8, 4) is 0 Å². The molecule has 25 heavy (non-hydrogen) atoms. The van der Waals surface area contributed by atoms with E-state index < -0.39 is 12.0 Å². The quantitative estimate of drug-likeness (QED) is 0.835. The van der Waals surface area contributed by atoms with E-state index >= 15 is 0 Å². The number of nitrogens with one attached hydrogen (secondary N) is 1. The number of esters is 1. The number of ether oxygens (including phenoxy) is 1. The molecule has 1 aromatic carbocycles. The highest BCUT2D eigenvalue weighted by Crippen LogP contribution is 2.21. The molecular formula is C18H25N3O4. The lowest BCUT2D eigenvalue weighted by atomic mass is 9.95. The molecule has 3 amide bonds. The first kappa shape index (κ1) is 18.8. The predicted molar refractivity (Wildman–Crippen MR) is 92.7 cm³/mol. The van der Waals surface area contributed by atoms with Gasteiger partial charge in [-0.2, -0.15) is 0 Å². The van der Waals surface area contributed by atoms with Gasteiger partial charge in [-0.3, -0.25) is 4.79 Å². The molecule has 136 valence electrons. The fourth-order valence-corrected chi connectivity index (χ4v) is 2.92. The van der Waals surface area contributed by atoms with Gasteiger partial charge >= 0.3 is 12.0 Å². The lowest BCUT2D eigenvalue weighted by molar-refractivity contribution is -0.146. The number of likely N-dealkylation sites (tertiary alicyclic amines) is 1. The summed E-state index contributed by atoms with van der Waals surface area (Å²) < 4.78 is 4.82. The number of nitrogens with zero attached hydrogens (tertiary/aromatic N) is 2. The lowest BCUT2D eigenvalue weighted by Crippen LogP contribution is -2.47. The molecular weight excluding hydrogens is 322 g/mol. The second kappa shape index (κ2) is 8.50. The average molecular weight is 347 g/mol. The predicted octanol–water partition coefficient (Wildman–Crippen LogP) is 1.41. The molecule has 0 spiro atoms. The fraction of sp³-hybridized carbons (Fsp3) is 0.500. The maximum atomic E-state index is 12.6. The molecule has 7 nitrogen and oxygen atoms in total. The van der Waals surface area contributed by atoms with Gasteiger partial charge in [-0.1, -0.05) is 30.3 Å². The van der Waals surface area contributed by atoms with Crippen molar-refractivity contribution in [2.24, 2.45) is 5.92 Å². The van der Waals surface area contributed by atoms with E-state index in [0.717, 1.165) is 0 Å². The van der Waals surface area contributed by atoms with Crippen LogP contribution < -0.4 is 5.32 Å². The van der Waals surface area contributed by atoms with Crippen molar-refractivity contribution >= 4 is 17.9 Å². The third-order valence-corrected chi connectivity index (χ3v) is 4.38. The molecule has 2 rings (SSSR count). The molecule has 1 atom stereocenters. The monoisotopic (exact) mass is 347 g/mol. The Hall–Kier alpha value is -2.57. The van der Waals surface area contributed by atoms with E-state index in [4.69, 9.17) is 4.74 Å². The number of piperidine rings is 1. The Kier molecular flexibility index (Phi) is 6.38. The number of amides is 3. The van der Waals surface area contributed by atoms with Gasteiger partial charge < -0.3 is 19.9 Å². The molecule has 1 aromatic rings. The maximum Gasteiger partial charge on any atom is 0.333 e. The van der Waals surface area contributed by atoms with Gasteiger partial charge in [0, 0.05) is 33.1 Å². The molecule has 0 saturated carbocycles. The Labute approximate surface area is 147 Å². The van der Waals surface area contributed by atoms with Crippen LogP contribution in [0.5, 0.6) is 0 Å². The Morgan fingerprint density at radius 3 is 2.28 bits per heavy atom. The van der Waals surface area contributed by atoms with Crippen molar-refractivity contribution in [1.29, 1.82) is 0 Å². The number of urea groups is 1. The van der Waals surface area contributed by atoms with Crippen LogP contribution in [0.1, 0.15) is 24.4 Å². The first-order chi connectivity index (χ1) is 11.9. The van der Waals surface area contributed by atoms with E-state index in [1.165, 1.54) is 12.0 Å². The molecule has 1 aliphatic heterocycles. The molecule has 1 unspecified atom stereocenters. The molecule has 1 aliphatic rings. The standard InChI is InChI=1S/C18H25N3O4/c1-20(2)18(24)21-11-9-14(10-12-21)16(22)19-15(17(23)25-3)13-7-5-4-6-8-13/h4-8,14-15H,9-12H2,1-3H3,(H,19,22). The summed E-state index contributed by atoms with van der Waals surface area (Å²) in [6.45, 7) is 1.06. The van der Waals surface area contributed by atoms with Gasteiger partial charge in [0.05, 0.1) is 7.11 Å². The molecule has 1 saturated heterocycles. The molecule has 1 heterocycles. The minimum Gasteiger partial charge on any atom is -0.467 e. The van der Waals surface area contributed by atoms with Gasteiger partial charge in [0.2, 0.25) is 5.91 Å². The Bertz CT molecular complexity index is 610. The SMILES string of the molecule is COC(=O)C(NC(=O)C1CCN(C(=O)N(C)C)CC1)c1ccccc1. The molecule has 0 aromatic heterocycles. The average Bonchev–Trinajstić information content (AvgIpc) is 2.65. The Balaban J connectivity index is 1.98. The van der Waals surface area contributed by atoms with Crippen molar-refractivity contribution < 1.29 is 19.1 Å². The molecule has 0 aliphatic carbocycles. The van der Waals surface area contributed by atoms with E-state index in [0.29, 0.717) is 31.5 Å². The van der Waals surface area contributed by atoms with Gasteiger partial charge in [-0.15, -0.1) is 0 Å². The van der Waals surface area contributed by atoms with Gasteiger partial charge in [-0.25, -0.2) is 9.59 Å². The molecule has 1 fully saturated rings. The van der Waals surface area contributed by atoms with Crippen molar-refractivity contribution in [1.82, 2.24) is 15.1 Å². The van der Waals surface area contributed by atoms with Gasteiger partial charge in [0.15, 0.2) is 6.04 Å². The van der Waals surface area contributed by atoms with Crippen LogP contribution in [0.15, 0.2) is 30.3 Å². The summed E-state index contributed by atoms with van der Waals surface area (Å²) in [6, 6.07) is 8.15. The van der Waals surface area contributed by atoms with E-state index in [9.17, 15) is 14.4 Å². The highest BCUT2D eigenvalue weighted by Gasteiger charge is 2.31. The van der Waals surface area contributed by atoms with Crippen LogP contribution >= 0.6 is 0 Å². The number of carbonyl (C=O) groups is 3. The van der Waals surface area contributed by atoms with Crippen LogP contribution in [-0.4, -0.2) is 62.0 Å². The smallest absolute Gasteiger partial charge is 0.333 e. The Morgan fingerprint density at radius 1 is 1.16 bits per heavy atom. The van der Waals surface area contributed by atoms with Crippen LogP contribution in [-0.2, 0) is 14.3 Å². The van der Waals surface area contributed by atoms with Gasteiger partial charge in [0.25, 0.3) is 0 Å². The third-order valence-electron chi connectivity index (χ3n) is 4.38. The van der Waals surface area contributed by atoms with Gasteiger partial charge in [-0.05, 0) is 18.4 Å². The first-order valence-electron chi connectivity index (χ1n) is 8.33. The summed E-state index contributed by atoms with van der Waals surface area (Å²) in [5.41, 5.74) is 0.683. The molecule has 0 bridgehead atoms. The number of hydrogen-bond acceptors (Lipinski definition) is 4. The van der Waals surface area contributed by atoms with E-state index in [2.05, 4.69) is 5.32 Å². The van der Waals surface area contributed by atoms with Crippen LogP contribution in [0, 0.1) is 5.92 Å². The minimum atomic E-state index is -0.819. The van der Waals surface area contributed by atoms with Gasteiger partial charge in [0.1, 0.15) is 0 Å². The number of rotatable bonds is 4. The zero-order chi connectivity index (χ0) is 18.4. The van der Waals surface area contributed by atoms with Crippen molar-refractivity contribution in [3.05, 3.63) is 35.9 Å². The zero-order valence-electron chi connectivity index (χ0n) is 14.9. The fourth-order valence-electron chi connectivity index (χ4n) is 2.92. The third kappa shape index (κ3) is 4.71. The second-order valence-corrected chi connectivity index (χ2v) is 6.31. The summed E-state index contributed by atoms with van der Waals surface area (Å²) in [5.74, 6) is -0.905. The summed E-state index contributed by atoms with van der Waals surface area (Å²) >= 11 is 0. The van der Waals surface area contributed by atoms with E-state index in [1.807, 2.05) is 18.2 Å². The highest BCUT2D eigenvalue weighted by atomic mass is 16.5. The van der Waals surface area contributed by atoms with E-state index in [-0.39, 0.29) is 17.9 Å². The highest BCUT2D eigenvalue weighted by molar-refractivity contribution is 5.86. The molecule has 0 radical (unpaired) electrons. The number of carbonyl (C=O) groups excluding carboxylic acids is 3. The van der Waals surface area contributed by atoms with E-state index in [1.54, 1.807) is 31.1 Å². The lowest BCUT2D eigenvalue weighted by Gasteiger charge is -2.33. The summed E-state index contributed by atoms with van der Waals surface area (Å²) in [7, 11) is 4.72. The first-order valence-corrected chi connectivity index (χ1v) is 8.33. The van der Waals surface area contributed by atoms with Crippen molar-refractivity contribution in [3.63, 3.8) is 0 Å². The second-order valence-electron chi connectivity index (χ2n) is 6.31. The number of hydrogen-bond donors (Lipinski definition) is 1. The maximum absolute atomic E-state index is 12.6. The normalized spacial score (nSPS) is 16.0. The van der Waals surface area contributed by atoms with Crippen LogP contribution in [0.2, 0.25) is 0 Å². The van der Waals surface area contributed by atoms with Crippen LogP contribution in [0.25, 0.3) is 0 Å². The van der Waals surface area contributed by atoms with Crippen molar-refractivity contribution in [2.75, 3.05) is 34.3 Å². The minimum absolute atomic E-state index is 0.0458. The molecule has 7 heteroatoms. The van der Waals surface area contributed by atoms with Crippen LogP contribution in [0.3, 0.4) is 0 Å². The van der Waals surface area contributed by atoms with Crippen LogP contribution in [0.4, 0.5) is 4.79 Å². The Morgan fingerprint density at radius 2 is 1.76 bits per heavy atom. The summed E-state index contributed by atoms with van der Waals surface area (Å²) in [4.78, 5) is 39.9. The zero-order valence-corrected chi connectivity index (χ0v) is 14.9. The number of benzene rings is 1. The summed E-state index contributed by atoms with van der Waals surface area (Å²) in [5, 5.41) is 2.79. The van der Waals surface area contributed by atoms with Crippen molar-refractivity contribution in [2.45, 2.75) is 18.9 Å². The topological polar surface area (TPSA) is 79.0 Å².